The van der Waals surface area contributed by atoms with Crippen molar-refractivity contribution in [2.24, 2.45) is 5.73 Å². The first-order valence-electron chi connectivity index (χ1n) is 6.00. The first kappa shape index (κ1) is 15.2. The van der Waals surface area contributed by atoms with Gasteiger partial charge in [-0.3, -0.25) is 0 Å². The van der Waals surface area contributed by atoms with Crippen molar-refractivity contribution in [2.75, 3.05) is 31.7 Å². The van der Waals surface area contributed by atoms with Gasteiger partial charge in [0.25, 0.3) is 0 Å². The molecule has 0 saturated heterocycles. The number of rotatable bonds is 7. The molecule has 0 aliphatic rings. The number of hydrogen-bond acceptors (Lipinski definition) is 3. The molecule has 2 N–H and O–H groups in total. The van der Waals surface area contributed by atoms with Gasteiger partial charge in [-0.25, -0.2) is 0 Å². The number of nitrogens with two attached hydrogens (primary N) is 1. The highest BCUT2D eigenvalue weighted by molar-refractivity contribution is 9.10. The highest BCUT2D eigenvalue weighted by atomic mass is 79.9. The molecular weight excluding hydrogens is 292 g/mol. The van der Waals surface area contributed by atoms with Crippen LogP contribution in [0.3, 0.4) is 0 Å². The first-order valence-corrected chi connectivity index (χ1v) is 6.79. The molecule has 0 heterocycles. The maximum Gasteiger partial charge on any atom is 0.0637 e. The summed E-state index contributed by atoms with van der Waals surface area (Å²) in [6.07, 6.45) is 1.89. The quantitative estimate of drug-likeness (QED) is 0.786. The highest BCUT2D eigenvalue weighted by Gasteiger charge is 2.10. The summed E-state index contributed by atoms with van der Waals surface area (Å²) in [7, 11) is 1.71. The van der Waals surface area contributed by atoms with Crippen molar-refractivity contribution >= 4 is 21.6 Å². The number of methoxy groups -OCH3 is 1. The van der Waals surface area contributed by atoms with E-state index < -0.39 is 0 Å². The maximum absolute atomic E-state index is 5.88. The Morgan fingerprint density at radius 2 is 2.28 bits per heavy atom. The van der Waals surface area contributed by atoms with Gasteiger partial charge in [0.05, 0.1) is 12.3 Å². The fourth-order valence-electron chi connectivity index (χ4n) is 1.73. The van der Waals surface area contributed by atoms with Crippen LogP contribution in [0.2, 0.25) is 0 Å². The second-order valence-corrected chi connectivity index (χ2v) is 5.08. The summed E-state index contributed by atoms with van der Waals surface area (Å²) in [6, 6.07) is 6.26. The molecule has 0 aliphatic heterocycles. The molecule has 0 aromatic heterocycles. The van der Waals surface area contributed by atoms with E-state index in [-0.39, 0.29) is 6.04 Å². The number of hydrogen-bond donors (Lipinski definition) is 1. The van der Waals surface area contributed by atoms with Gasteiger partial charge in [-0.1, -0.05) is 12.1 Å². The molecule has 0 radical (unpaired) electrons. The molecule has 1 atom stereocenters. The van der Waals surface area contributed by atoms with Gasteiger partial charge in [0.1, 0.15) is 0 Å². The van der Waals surface area contributed by atoms with E-state index in [4.69, 9.17) is 10.5 Å². The Hall–Kier alpha value is -0.840. The van der Waals surface area contributed by atoms with Gasteiger partial charge < -0.3 is 15.4 Å². The lowest BCUT2D eigenvalue weighted by Crippen LogP contribution is -2.27. The van der Waals surface area contributed by atoms with Crippen molar-refractivity contribution in [3.63, 3.8) is 0 Å². The Balaban J connectivity index is 2.93. The van der Waals surface area contributed by atoms with Gasteiger partial charge in [0.15, 0.2) is 0 Å². The van der Waals surface area contributed by atoms with Gasteiger partial charge in [-0.15, -0.1) is 6.58 Å². The zero-order chi connectivity index (χ0) is 13.5. The van der Waals surface area contributed by atoms with Crippen LogP contribution in [0, 0.1) is 0 Å². The number of anilines is 1. The lowest BCUT2D eigenvalue weighted by Gasteiger charge is -2.25. The normalized spacial score (nSPS) is 12.2. The van der Waals surface area contributed by atoms with E-state index in [1.54, 1.807) is 7.11 Å². The zero-order valence-electron chi connectivity index (χ0n) is 11.0. The summed E-state index contributed by atoms with van der Waals surface area (Å²) in [6.45, 7) is 8.08. The highest BCUT2D eigenvalue weighted by Crippen LogP contribution is 2.28. The van der Waals surface area contributed by atoms with E-state index >= 15 is 0 Å². The lowest BCUT2D eigenvalue weighted by molar-refractivity contribution is 0.205. The molecule has 0 amide bonds. The summed E-state index contributed by atoms with van der Waals surface area (Å²) in [4.78, 5) is 2.21. The Morgan fingerprint density at radius 1 is 1.56 bits per heavy atom. The molecule has 3 nitrogen and oxygen atoms in total. The molecule has 1 aromatic rings. The number of nitrogens with zero attached hydrogens (tertiary/aromatic N) is 1. The molecule has 18 heavy (non-hydrogen) atoms. The largest absolute Gasteiger partial charge is 0.383 e. The van der Waals surface area contributed by atoms with Crippen molar-refractivity contribution in [1.82, 2.24) is 0 Å². The fraction of sp³-hybridized carbons (Fsp3) is 0.429. The van der Waals surface area contributed by atoms with Crippen LogP contribution in [0.15, 0.2) is 35.3 Å². The van der Waals surface area contributed by atoms with Crippen molar-refractivity contribution in [1.29, 1.82) is 0 Å². The van der Waals surface area contributed by atoms with E-state index in [2.05, 4.69) is 45.6 Å². The van der Waals surface area contributed by atoms with Crippen LogP contribution in [0.4, 0.5) is 5.69 Å². The molecule has 1 aromatic carbocycles. The van der Waals surface area contributed by atoms with Crippen LogP contribution in [0.25, 0.3) is 0 Å². The number of halogens is 1. The molecule has 100 valence electrons. The average Bonchev–Trinajstić information content (AvgIpc) is 2.34. The van der Waals surface area contributed by atoms with Crippen molar-refractivity contribution in [2.45, 2.75) is 13.0 Å². The topological polar surface area (TPSA) is 38.5 Å². The Kier molecular flexibility index (Phi) is 6.39. The molecule has 0 unspecified atom stereocenters. The van der Waals surface area contributed by atoms with Gasteiger partial charge in [-0.05, 0) is 40.5 Å². The SMILES string of the molecule is C=CCN(CCOC)c1ccc([C@H](C)N)cc1Br. The minimum absolute atomic E-state index is 0.0437. The average molecular weight is 313 g/mol. The Labute approximate surface area is 118 Å². The molecule has 4 heteroatoms. The van der Waals surface area contributed by atoms with Crippen LogP contribution in [-0.4, -0.2) is 26.8 Å². The van der Waals surface area contributed by atoms with E-state index in [1.165, 1.54) is 0 Å². The predicted molar refractivity (Wildman–Crippen MR) is 81.0 cm³/mol. The van der Waals surface area contributed by atoms with Crippen molar-refractivity contribution < 1.29 is 4.74 Å². The monoisotopic (exact) mass is 312 g/mol. The molecule has 0 bridgehead atoms. The van der Waals surface area contributed by atoms with Gasteiger partial charge >= 0.3 is 0 Å². The summed E-state index contributed by atoms with van der Waals surface area (Å²) in [5, 5.41) is 0. The number of ether oxygens (including phenoxy) is 1. The molecule has 0 spiro atoms. The van der Waals surface area contributed by atoms with E-state index in [0.717, 1.165) is 28.8 Å². The van der Waals surface area contributed by atoms with E-state index in [0.29, 0.717) is 6.61 Å². The van der Waals surface area contributed by atoms with Crippen LogP contribution >= 0.6 is 15.9 Å². The lowest BCUT2D eigenvalue weighted by atomic mass is 10.1. The smallest absolute Gasteiger partial charge is 0.0637 e. The Morgan fingerprint density at radius 3 is 2.78 bits per heavy atom. The second kappa shape index (κ2) is 7.56. The standard InChI is InChI=1S/C14H21BrN2O/c1-4-7-17(8-9-18-3)14-6-5-12(11(2)16)10-13(14)15/h4-6,10-11H,1,7-9,16H2,2-3H3/t11-/m0/s1. The molecule has 0 aliphatic carbocycles. The van der Waals surface area contributed by atoms with Crippen molar-refractivity contribution in [3.05, 3.63) is 40.9 Å². The molecule has 0 saturated carbocycles. The third-order valence-electron chi connectivity index (χ3n) is 2.75. The van der Waals surface area contributed by atoms with Crippen LogP contribution < -0.4 is 10.6 Å². The van der Waals surface area contributed by atoms with Crippen LogP contribution in [0.5, 0.6) is 0 Å². The molecule has 0 fully saturated rings. The van der Waals surface area contributed by atoms with E-state index in [1.807, 2.05) is 13.0 Å². The fourth-order valence-corrected chi connectivity index (χ4v) is 2.38. The first-order chi connectivity index (χ1) is 8.60. The van der Waals surface area contributed by atoms with Crippen LogP contribution in [0.1, 0.15) is 18.5 Å². The minimum Gasteiger partial charge on any atom is -0.383 e. The third kappa shape index (κ3) is 4.12. The predicted octanol–water partition coefficient (Wildman–Crippen LogP) is 3.11. The summed E-state index contributed by atoms with van der Waals surface area (Å²) < 4.78 is 6.18. The minimum atomic E-state index is 0.0437. The van der Waals surface area contributed by atoms with Crippen LogP contribution in [-0.2, 0) is 4.74 Å². The second-order valence-electron chi connectivity index (χ2n) is 4.23. The summed E-state index contributed by atoms with van der Waals surface area (Å²) in [5.74, 6) is 0. The molecular formula is C14H21BrN2O. The third-order valence-corrected chi connectivity index (χ3v) is 3.39. The van der Waals surface area contributed by atoms with Gasteiger partial charge in [0, 0.05) is 30.7 Å². The number of benzene rings is 1. The van der Waals surface area contributed by atoms with Gasteiger partial charge in [-0.2, -0.15) is 0 Å². The Bertz CT molecular complexity index is 393. The maximum atomic E-state index is 5.88. The van der Waals surface area contributed by atoms with Gasteiger partial charge in [0.2, 0.25) is 0 Å². The van der Waals surface area contributed by atoms with Crippen molar-refractivity contribution in [3.8, 4) is 0 Å². The summed E-state index contributed by atoms with van der Waals surface area (Å²) >= 11 is 3.61. The zero-order valence-corrected chi connectivity index (χ0v) is 12.6. The summed E-state index contributed by atoms with van der Waals surface area (Å²) in [5.41, 5.74) is 8.13. The molecule has 1 rings (SSSR count). The van der Waals surface area contributed by atoms with E-state index in [9.17, 15) is 0 Å².